The highest BCUT2D eigenvalue weighted by Crippen LogP contribution is 2.24. The standard InChI is InChI=1S/C14H13N5O3/c1-18-8-9(6-16-18)12-5-11(14(20)21)17-19(12)10-3-4-13(22-2)15-7-10/h3-8H,1-2H3,(H,20,21). The quantitative estimate of drug-likeness (QED) is 0.782. The molecule has 3 heterocycles. The summed E-state index contributed by atoms with van der Waals surface area (Å²) in [4.78, 5) is 15.3. The average molecular weight is 299 g/mol. The number of aromatic nitrogens is 5. The second-order valence-electron chi connectivity index (χ2n) is 4.59. The molecule has 0 unspecified atom stereocenters. The summed E-state index contributed by atoms with van der Waals surface area (Å²) >= 11 is 0. The van der Waals surface area contributed by atoms with Gasteiger partial charge in [0.15, 0.2) is 5.69 Å². The third kappa shape index (κ3) is 2.41. The van der Waals surface area contributed by atoms with Crippen LogP contribution in [0.25, 0.3) is 16.9 Å². The molecule has 0 bridgehead atoms. The summed E-state index contributed by atoms with van der Waals surface area (Å²) in [5.41, 5.74) is 1.97. The van der Waals surface area contributed by atoms with Crippen molar-refractivity contribution in [1.29, 1.82) is 0 Å². The van der Waals surface area contributed by atoms with Gasteiger partial charge in [0.2, 0.25) is 5.88 Å². The lowest BCUT2D eigenvalue weighted by molar-refractivity contribution is 0.0690. The molecule has 0 fully saturated rings. The van der Waals surface area contributed by atoms with Crippen LogP contribution in [0.15, 0.2) is 36.8 Å². The van der Waals surface area contributed by atoms with Gasteiger partial charge in [-0.05, 0) is 12.1 Å². The van der Waals surface area contributed by atoms with Crippen molar-refractivity contribution in [3.05, 3.63) is 42.5 Å². The molecule has 0 atom stereocenters. The Labute approximate surface area is 125 Å². The third-order valence-electron chi connectivity index (χ3n) is 3.10. The zero-order valence-electron chi connectivity index (χ0n) is 12.0. The molecule has 0 saturated carbocycles. The molecule has 22 heavy (non-hydrogen) atoms. The van der Waals surface area contributed by atoms with E-state index < -0.39 is 5.97 Å². The highest BCUT2D eigenvalue weighted by atomic mass is 16.5. The summed E-state index contributed by atoms with van der Waals surface area (Å²) in [6, 6.07) is 4.94. The monoisotopic (exact) mass is 299 g/mol. The Bertz CT molecular complexity index is 819. The van der Waals surface area contributed by atoms with E-state index in [2.05, 4.69) is 15.2 Å². The number of carboxylic acids is 1. The predicted octanol–water partition coefficient (Wildman–Crippen LogP) is 1.37. The molecule has 3 rings (SSSR count). The van der Waals surface area contributed by atoms with Crippen LogP contribution in [0.3, 0.4) is 0 Å². The maximum Gasteiger partial charge on any atom is 0.356 e. The molecule has 0 radical (unpaired) electrons. The van der Waals surface area contributed by atoms with Crippen LogP contribution < -0.4 is 4.74 Å². The summed E-state index contributed by atoms with van der Waals surface area (Å²) in [7, 11) is 3.32. The molecule has 1 N–H and O–H groups in total. The summed E-state index contributed by atoms with van der Waals surface area (Å²) in [5, 5.41) is 17.4. The number of carboxylic acid groups (broad SMARTS) is 1. The number of hydrogen-bond donors (Lipinski definition) is 1. The Kier molecular flexibility index (Phi) is 3.34. The maximum atomic E-state index is 11.2. The van der Waals surface area contributed by atoms with Crippen molar-refractivity contribution >= 4 is 5.97 Å². The van der Waals surface area contributed by atoms with Gasteiger partial charge in [-0.3, -0.25) is 4.68 Å². The largest absolute Gasteiger partial charge is 0.481 e. The third-order valence-corrected chi connectivity index (χ3v) is 3.10. The first-order chi connectivity index (χ1) is 10.6. The fourth-order valence-corrected chi connectivity index (χ4v) is 2.06. The van der Waals surface area contributed by atoms with Crippen molar-refractivity contribution in [2.24, 2.45) is 7.05 Å². The number of methoxy groups -OCH3 is 1. The van der Waals surface area contributed by atoms with Gasteiger partial charge in [-0.25, -0.2) is 14.5 Å². The number of aryl methyl sites for hydroxylation is 1. The molecule has 0 saturated heterocycles. The smallest absolute Gasteiger partial charge is 0.356 e. The molecule has 0 aliphatic rings. The van der Waals surface area contributed by atoms with Crippen molar-refractivity contribution in [2.45, 2.75) is 0 Å². The first kappa shape index (κ1) is 13.8. The predicted molar refractivity (Wildman–Crippen MR) is 77.1 cm³/mol. The molecule has 0 aliphatic carbocycles. The van der Waals surface area contributed by atoms with Crippen molar-refractivity contribution in [1.82, 2.24) is 24.5 Å². The van der Waals surface area contributed by atoms with Crippen molar-refractivity contribution < 1.29 is 14.6 Å². The highest BCUT2D eigenvalue weighted by Gasteiger charge is 2.17. The van der Waals surface area contributed by atoms with Crippen LogP contribution >= 0.6 is 0 Å². The number of carbonyl (C=O) groups is 1. The maximum absolute atomic E-state index is 11.2. The summed E-state index contributed by atoms with van der Waals surface area (Å²) in [5.74, 6) is -0.623. The summed E-state index contributed by atoms with van der Waals surface area (Å²) < 4.78 is 8.18. The van der Waals surface area contributed by atoms with E-state index in [-0.39, 0.29) is 5.69 Å². The van der Waals surface area contributed by atoms with Crippen LogP contribution in [0.4, 0.5) is 0 Å². The molecule has 0 spiro atoms. The lowest BCUT2D eigenvalue weighted by Gasteiger charge is -2.06. The topological polar surface area (TPSA) is 95.1 Å². The zero-order valence-corrected chi connectivity index (χ0v) is 12.0. The Morgan fingerprint density at radius 2 is 2.14 bits per heavy atom. The van der Waals surface area contributed by atoms with Gasteiger partial charge < -0.3 is 9.84 Å². The van der Waals surface area contributed by atoms with Crippen LogP contribution in [0, 0.1) is 0 Å². The van der Waals surface area contributed by atoms with Gasteiger partial charge in [0, 0.05) is 24.9 Å². The Balaban J connectivity index is 2.14. The van der Waals surface area contributed by atoms with E-state index in [0.29, 0.717) is 17.3 Å². The van der Waals surface area contributed by atoms with Gasteiger partial charge in [0.05, 0.1) is 30.9 Å². The van der Waals surface area contributed by atoms with Crippen molar-refractivity contribution in [3.63, 3.8) is 0 Å². The molecule has 0 aliphatic heterocycles. The lowest BCUT2D eigenvalue weighted by atomic mass is 10.2. The highest BCUT2D eigenvalue weighted by molar-refractivity contribution is 5.87. The van der Waals surface area contributed by atoms with Gasteiger partial charge in [-0.15, -0.1) is 0 Å². The molecular weight excluding hydrogens is 286 g/mol. The van der Waals surface area contributed by atoms with Gasteiger partial charge in [0.1, 0.15) is 0 Å². The fraction of sp³-hybridized carbons (Fsp3) is 0.143. The Morgan fingerprint density at radius 3 is 2.68 bits per heavy atom. The van der Waals surface area contributed by atoms with Gasteiger partial charge in [0.25, 0.3) is 0 Å². The van der Waals surface area contributed by atoms with Crippen molar-refractivity contribution in [3.8, 4) is 22.8 Å². The summed E-state index contributed by atoms with van der Waals surface area (Å²) in [6.45, 7) is 0. The van der Waals surface area contributed by atoms with Crippen LogP contribution in [0.1, 0.15) is 10.5 Å². The first-order valence-corrected chi connectivity index (χ1v) is 6.41. The van der Waals surface area contributed by atoms with E-state index in [4.69, 9.17) is 4.74 Å². The van der Waals surface area contributed by atoms with Crippen LogP contribution in [-0.4, -0.2) is 42.7 Å². The van der Waals surface area contributed by atoms with E-state index in [9.17, 15) is 9.90 Å². The molecule has 112 valence electrons. The second-order valence-corrected chi connectivity index (χ2v) is 4.59. The minimum Gasteiger partial charge on any atom is -0.481 e. The molecule has 0 aromatic carbocycles. The average Bonchev–Trinajstić information content (AvgIpc) is 3.13. The molecule has 3 aromatic rings. The zero-order chi connectivity index (χ0) is 15.7. The number of pyridine rings is 1. The minimum atomic E-state index is -1.09. The minimum absolute atomic E-state index is 0.0466. The number of ether oxygens (including phenoxy) is 1. The number of rotatable bonds is 4. The Morgan fingerprint density at radius 1 is 1.32 bits per heavy atom. The van der Waals surface area contributed by atoms with E-state index in [0.717, 1.165) is 5.56 Å². The molecule has 0 amide bonds. The SMILES string of the molecule is COc1ccc(-n2nc(C(=O)O)cc2-c2cnn(C)c2)cn1. The van der Waals surface area contributed by atoms with Gasteiger partial charge >= 0.3 is 5.97 Å². The molecular formula is C14H13N5O3. The normalized spacial score (nSPS) is 10.6. The lowest BCUT2D eigenvalue weighted by Crippen LogP contribution is -2.03. The first-order valence-electron chi connectivity index (χ1n) is 6.41. The van der Waals surface area contributed by atoms with Crippen LogP contribution in [0.5, 0.6) is 5.88 Å². The van der Waals surface area contributed by atoms with Crippen LogP contribution in [-0.2, 0) is 7.05 Å². The van der Waals surface area contributed by atoms with E-state index >= 15 is 0 Å². The van der Waals surface area contributed by atoms with E-state index in [1.807, 2.05) is 0 Å². The second kappa shape index (κ2) is 5.32. The van der Waals surface area contributed by atoms with Gasteiger partial charge in [-0.1, -0.05) is 0 Å². The van der Waals surface area contributed by atoms with E-state index in [1.54, 1.807) is 42.5 Å². The van der Waals surface area contributed by atoms with Crippen molar-refractivity contribution in [2.75, 3.05) is 7.11 Å². The van der Waals surface area contributed by atoms with Gasteiger partial charge in [-0.2, -0.15) is 10.2 Å². The Hall–Kier alpha value is -3.16. The number of hydrogen-bond acceptors (Lipinski definition) is 5. The summed E-state index contributed by atoms with van der Waals surface area (Å²) in [6.07, 6.45) is 5.00. The molecule has 3 aromatic heterocycles. The molecule has 8 nitrogen and oxygen atoms in total. The van der Waals surface area contributed by atoms with E-state index in [1.165, 1.54) is 17.9 Å². The number of nitrogens with zero attached hydrogens (tertiary/aromatic N) is 5. The molecule has 8 heteroatoms. The fourth-order valence-electron chi connectivity index (χ4n) is 2.06. The number of aromatic carboxylic acids is 1. The van der Waals surface area contributed by atoms with Crippen LogP contribution in [0.2, 0.25) is 0 Å².